The van der Waals surface area contributed by atoms with E-state index < -0.39 is 28.6 Å². The van der Waals surface area contributed by atoms with E-state index in [0.717, 1.165) is 11.4 Å². The van der Waals surface area contributed by atoms with Crippen LogP contribution in [-0.2, 0) is 22.6 Å². The largest absolute Gasteiger partial charge is 0.595 e. The van der Waals surface area contributed by atoms with E-state index in [1.165, 1.54) is 25.2 Å². The third-order valence-electron chi connectivity index (χ3n) is 7.29. The second-order valence-electron chi connectivity index (χ2n) is 8.89. The number of carbonyl (C=O) groups is 2. The molecule has 1 aromatic heterocycles. The molecule has 1 fully saturated rings. The van der Waals surface area contributed by atoms with E-state index in [-0.39, 0.29) is 29.5 Å². The number of hydrogen-bond donors (Lipinski definition) is 4. The van der Waals surface area contributed by atoms with Crippen LogP contribution in [0.1, 0.15) is 23.6 Å². The van der Waals surface area contributed by atoms with Gasteiger partial charge in [-0.2, -0.15) is 5.23 Å². The van der Waals surface area contributed by atoms with Gasteiger partial charge in [-0.25, -0.2) is 5.21 Å². The maximum atomic E-state index is 13.3. The second kappa shape index (κ2) is 7.16. The van der Waals surface area contributed by atoms with E-state index in [2.05, 4.69) is 5.32 Å². The molecule has 0 spiro atoms. The Kier molecular flexibility index (Phi) is 4.63. The van der Waals surface area contributed by atoms with Crippen molar-refractivity contribution in [3.05, 3.63) is 63.2 Å². The van der Waals surface area contributed by atoms with Crippen molar-refractivity contribution in [3.63, 3.8) is 0 Å². The Bertz CT molecular complexity index is 1180. The summed E-state index contributed by atoms with van der Waals surface area (Å²) in [6, 6.07) is 8.98. The zero-order valence-electron chi connectivity index (χ0n) is 17.4. The fraction of sp³-hybridized carbons (Fsp3) is 0.409. The number of carboxylic acid groups (broad SMARTS) is 1. The van der Waals surface area contributed by atoms with E-state index >= 15 is 0 Å². The maximum absolute atomic E-state index is 13.3. The lowest BCUT2D eigenvalue weighted by Gasteiger charge is -2.57. The highest BCUT2D eigenvalue weighted by Crippen LogP contribution is 2.53. The minimum Gasteiger partial charge on any atom is -0.595 e. The van der Waals surface area contributed by atoms with Crippen molar-refractivity contribution < 1.29 is 25.1 Å². The van der Waals surface area contributed by atoms with Crippen molar-refractivity contribution >= 4 is 23.3 Å². The third kappa shape index (κ3) is 2.73. The monoisotopic (exact) mass is 440 g/mol. The topological polar surface area (TPSA) is 139 Å². The number of piperidine rings is 1. The van der Waals surface area contributed by atoms with Gasteiger partial charge in [-0.05, 0) is 30.0 Å². The molecule has 0 saturated carbocycles. The van der Waals surface area contributed by atoms with Crippen LogP contribution in [0.3, 0.4) is 0 Å². The highest BCUT2D eigenvalue weighted by Gasteiger charge is 2.62. The van der Waals surface area contributed by atoms with Crippen LogP contribution in [0.25, 0.3) is 0 Å². The highest BCUT2D eigenvalue weighted by atomic mass is 16.8. The molecule has 1 aromatic carbocycles. The van der Waals surface area contributed by atoms with Crippen molar-refractivity contribution in [2.75, 3.05) is 18.5 Å². The number of benzene rings is 1. The molecule has 32 heavy (non-hydrogen) atoms. The SMILES string of the molecule is CNC(=O)C1(C(=O)O)Cc2cc([NH+]([O-])O)ccc2N2C[C@H]3C[C@H](c4cccc(=O)n4C3)[C@@H]21. The first kappa shape index (κ1) is 20.7. The molecule has 5 atom stereocenters. The first-order chi connectivity index (χ1) is 15.3. The fourth-order valence-electron chi connectivity index (χ4n) is 6.04. The van der Waals surface area contributed by atoms with Crippen molar-refractivity contribution in [1.82, 2.24) is 9.88 Å². The number of aromatic nitrogens is 1. The minimum atomic E-state index is -1.83. The van der Waals surface area contributed by atoms with E-state index in [4.69, 9.17) is 0 Å². The van der Waals surface area contributed by atoms with Crippen LogP contribution < -0.4 is 21.0 Å². The maximum Gasteiger partial charge on any atom is 0.321 e. The van der Waals surface area contributed by atoms with Crippen LogP contribution in [0.15, 0.2) is 41.2 Å². The number of nitrogens with zero attached hydrogens (tertiary/aromatic N) is 2. The normalized spacial score (nSPS) is 28.7. The smallest absolute Gasteiger partial charge is 0.321 e. The van der Waals surface area contributed by atoms with Gasteiger partial charge in [0.2, 0.25) is 5.91 Å². The van der Waals surface area contributed by atoms with Gasteiger partial charge >= 0.3 is 5.97 Å². The van der Waals surface area contributed by atoms with Crippen molar-refractivity contribution in [2.45, 2.75) is 31.3 Å². The van der Waals surface area contributed by atoms with Crippen LogP contribution in [0.2, 0.25) is 0 Å². The Labute approximate surface area is 183 Å². The molecule has 2 bridgehead atoms. The summed E-state index contributed by atoms with van der Waals surface area (Å²) in [5.74, 6) is -2.12. The van der Waals surface area contributed by atoms with Crippen molar-refractivity contribution in [3.8, 4) is 0 Å². The molecule has 0 aliphatic carbocycles. The van der Waals surface area contributed by atoms with Crippen LogP contribution in [-0.4, -0.2) is 46.4 Å². The molecule has 10 heteroatoms. The molecular weight excluding hydrogens is 416 g/mol. The van der Waals surface area contributed by atoms with Crippen LogP contribution in [0.5, 0.6) is 0 Å². The average Bonchev–Trinajstić information content (AvgIpc) is 2.77. The number of amides is 1. The molecular formula is C22H24N4O6. The Morgan fingerprint density at radius 1 is 1.25 bits per heavy atom. The zero-order valence-corrected chi connectivity index (χ0v) is 17.4. The number of carbonyl (C=O) groups excluding carboxylic acids is 1. The molecule has 10 nitrogen and oxygen atoms in total. The molecule has 2 unspecified atom stereocenters. The van der Waals surface area contributed by atoms with E-state index in [0.29, 0.717) is 25.1 Å². The number of carboxylic acids is 1. The Morgan fingerprint density at radius 2 is 2.03 bits per heavy atom. The molecule has 168 valence electrons. The number of anilines is 1. The van der Waals surface area contributed by atoms with Gasteiger partial charge in [0.1, 0.15) is 0 Å². The Hall–Kier alpha value is -3.21. The van der Waals surface area contributed by atoms with Crippen LogP contribution in [0, 0.1) is 16.5 Å². The molecule has 2 aromatic rings. The van der Waals surface area contributed by atoms with Gasteiger partial charge in [-0.3, -0.25) is 14.4 Å². The second-order valence-corrected chi connectivity index (χ2v) is 8.89. The number of nitrogens with one attached hydrogen (secondary N) is 2. The van der Waals surface area contributed by atoms with Crippen molar-refractivity contribution in [1.29, 1.82) is 0 Å². The third-order valence-corrected chi connectivity index (χ3v) is 7.29. The number of fused-ring (bicyclic) bond motifs is 8. The summed E-state index contributed by atoms with van der Waals surface area (Å²) in [6.45, 7) is 1.00. The molecule has 4 heterocycles. The van der Waals surface area contributed by atoms with Gasteiger partial charge < -0.3 is 25.1 Å². The summed E-state index contributed by atoms with van der Waals surface area (Å²) in [4.78, 5) is 40.6. The van der Waals surface area contributed by atoms with E-state index in [9.17, 15) is 29.9 Å². The van der Waals surface area contributed by atoms with Gasteiger partial charge in [0.15, 0.2) is 11.1 Å². The first-order valence-corrected chi connectivity index (χ1v) is 10.6. The number of aliphatic carboxylic acids is 1. The van der Waals surface area contributed by atoms with Gasteiger partial charge in [0, 0.05) is 62.1 Å². The van der Waals surface area contributed by atoms with Crippen LogP contribution in [0.4, 0.5) is 11.4 Å². The number of hydrogen-bond acceptors (Lipinski definition) is 6. The summed E-state index contributed by atoms with van der Waals surface area (Å²) in [5.41, 5.74) is 0.104. The number of rotatable bonds is 3. The van der Waals surface area contributed by atoms with Gasteiger partial charge in [0.05, 0.1) is 6.04 Å². The fourth-order valence-corrected chi connectivity index (χ4v) is 6.04. The predicted molar refractivity (Wildman–Crippen MR) is 113 cm³/mol. The van der Waals surface area contributed by atoms with Gasteiger partial charge in [0.25, 0.3) is 5.56 Å². The van der Waals surface area contributed by atoms with Crippen LogP contribution >= 0.6 is 0 Å². The molecule has 1 amide bonds. The Morgan fingerprint density at radius 3 is 2.72 bits per heavy atom. The summed E-state index contributed by atoms with van der Waals surface area (Å²) < 4.78 is 1.70. The number of quaternary nitrogens is 1. The first-order valence-electron chi connectivity index (χ1n) is 10.6. The quantitative estimate of drug-likeness (QED) is 0.377. The average molecular weight is 440 g/mol. The zero-order chi connectivity index (χ0) is 22.8. The summed E-state index contributed by atoms with van der Waals surface area (Å²) in [6.07, 6.45) is 0.553. The van der Waals surface area contributed by atoms with E-state index in [1.54, 1.807) is 16.7 Å². The lowest BCUT2D eigenvalue weighted by atomic mass is 9.61. The lowest BCUT2D eigenvalue weighted by molar-refractivity contribution is -0.991. The molecule has 0 radical (unpaired) electrons. The summed E-state index contributed by atoms with van der Waals surface area (Å²) in [7, 11) is 1.41. The number of pyridine rings is 1. The summed E-state index contributed by atoms with van der Waals surface area (Å²) >= 11 is 0. The lowest BCUT2D eigenvalue weighted by Crippen LogP contribution is -2.99. The highest BCUT2D eigenvalue weighted by molar-refractivity contribution is 6.04. The molecule has 1 saturated heterocycles. The molecule has 4 N–H and O–H groups in total. The predicted octanol–water partition coefficient (Wildman–Crippen LogP) is -0.383. The van der Waals surface area contributed by atoms with Crippen molar-refractivity contribution in [2.24, 2.45) is 11.3 Å². The van der Waals surface area contributed by atoms with Gasteiger partial charge in [-0.15, -0.1) is 0 Å². The molecule has 5 rings (SSSR count). The minimum absolute atomic E-state index is 0.0486. The Balaban J connectivity index is 1.76. The standard InChI is InChI=1S/C22H24N4O6/c1-23-20(28)22(21(29)30)9-13-8-14(26(31)32)5-6-16(13)25-11-12-7-15(19(22)25)17-3-2-4-18(27)24(17)10-12/h2-6,8,12,15,19,26,31H,7,9-11H2,1H3,(H,23,28)(H,29,30)/t12-,15+,19+,22?/m0/s1. The molecule has 3 aliphatic heterocycles. The summed E-state index contributed by atoms with van der Waals surface area (Å²) in [5, 5.41) is 32.9. The van der Waals surface area contributed by atoms with Gasteiger partial charge in [-0.1, -0.05) is 6.07 Å². The van der Waals surface area contributed by atoms with E-state index in [1.807, 2.05) is 11.0 Å². The molecule has 3 aliphatic rings.